The highest BCUT2D eigenvalue weighted by molar-refractivity contribution is 7.52. The van der Waals surface area contributed by atoms with Gasteiger partial charge in [-0.1, -0.05) is 124 Å². The highest BCUT2D eigenvalue weighted by Crippen LogP contribution is 2.53. The monoisotopic (exact) mass is 468 g/mol. The molecular weight excluding hydrogens is 419 g/mol. The molecule has 1 rings (SSSR count). The predicted molar refractivity (Wildman–Crippen MR) is 136 cm³/mol. The summed E-state index contributed by atoms with van der Waals surface area (Å²) in [6.45, 7) is 15.3. The number of unbranched alkanes of at least 4 members (excludes halogenated alkanes) is 9. The molecule has 4 nitrogen and oxygen atoms in total. The van der Waals surface area contributed by atoms with E-state index < -0.39 is 13.4 Å². The third-order valence-corrected chi connectivity index (χ3v) is 7.11. The van der Waals surface area contributed by atoms with Gasteiger partial charge >= 0.3 is 7.60 Å². The summed E-state index contributed by atoms with van der Waals surface area (Å²) in [7, 11) is -4.44. The molecule has 0 aliphatic carbocycles. The van der Waals surface area contributed by atoms with E-state index >= 15 is 0 Å². The maximum atomic E-state index is 12.3. The molecule has 1 atom stereocenters. The first-order valence-corrected chi connectivity index (χ1v) is 14.3. The Hall–Kier alpha value is -0.670. The zero-order valence-electron chi connectivity index (χ0n) is 21.7. The summed E-state index contributed by atoms with van der Waals surface area (Å²) in [5.41, 5.74) is 2.49. The van der Waals surface area contributed by atoms with E-state index in [1.807, 2.05) is 12.1 Å². The summed E-state index contributed by atoms with van der Waals surface area (Å²) in [4.78, 5) is 20.1. The Labute approximate surface area is 197 Å². The predicted octanol–water partition coefficient (Wildman–Crippen LogP) is 8.40. The average Bonchev–Trinajstić information content (AvgIpc) is 2.66. The highest BCUT2D eigenvalue weighted by Gasteiger charge is 2.33. The van der Waals surface area contributed by atoms with Crippen LogP contribution in [0.25, 0.3) is 0 Å². The van der Waals surface area contributed by atoms with Crippen molar-refractivity contribution in [2.75, 3.05) is 6.61 Å². The lowest BCUT2D eigenvalue weighted by Crippen LogP contribution is -2.18. The second kappa shape index (κ2) is 13.3. The van der Waals surface area contributed by atoms with Gasteiger partial charge in [0.25, 0.3) is 0 Å². The van der Waals surface area contributed by atoms with Crippen molar-refractivity contribution in [3.63, 3.8) is 0 Å². The molecule has 0 aliphatic heterocycles. The van der Waals surface area contributed by atoms with E-state index in [2.05, 4.69) is 54.5 Å². The van der Waals surface area contributed by atoms with Gasteiger partial charge in [0, 0.05) is 6.61 Å². The fourth-order valence-electron chi connectivity index (χ4n) is 3.83. The van der Waals surface area contributed by atoms with E-state index in [4.69, 9.17) is 4.74 Å². The Morgan fingerprint density at radius 2 is 1.16 bits per heavy atom. The van der Waals surface area contributed by atoms with Gasteiger partial charge in [0.1, 0.15) is 0 Å². The molecule has 0 saturated heterocycles. The lowest BCUT2D eigenvalue weighted by atomic mass is 9.79. The minimum absolute atomic E-state index is 0.119. The van der Waals surface area contributed by atoms with Crippen LogP contribution in [0.3, 0.4) is 0 Å². The number of ether oxygens (including phenoxy) is 1. The third-order valence-electron chi connectivity index (χ3n) is 6.05. The van der Waals surface area contributed by atoms with Crippen LogP contribution in [-0.4, -0.2) is 16.4 Å². The van der Waals surface area contributed by atoms with Crippen molar-refractivity contribution in [3.8, 4) is 0 Å². The largest absolute Gasteiger partial charge is 0.361 e. The summed E-state index contributed by atoms with van der Waals surface area (Å²) >= 11 is 0. The summed E-state index contributed by atoms with van der Waals surface area (Å²) in [5.74, 6) is -1.20. The van der Waals surface area contributed by atoms with Gasteiger partial charge in [-0.2, -0.15) is 0 Å². The molecule has 0 saturated carbocycles. The van der Waals surface area contributed by atoms with Crippen molar-refractivity contribution < 1.29 is 19.1 Å². The topological polar surface area (TPSA) is 66.8 Å². The van der Waals surface area contributed by atoms with Gasteiger partial charge in [-0.15, -0.1) is 0 Å². The molecule has 0 aromatic heterocycles. The SMILES string of the molecule is CCCCCCCCCCCCOC(c1cc(C(C)(C)C)cc(C(C)(C)C)c1)P(=O)(O)O. The maximum Gasteiger partial charge on any atom is 0.358 e. The Kier molecular flexibility index (Phi) is 12.2. The normalized spacial score (nSPS) is 14.0. The Morgan fingerprint density at radius 1 is 0.750 bits per heavy atom. The minimum Gasteiger partial charge on any atom is -0.361 e. The fraction of sp³-hybridized carbons (Fsp3) is 0.778. The van der Waals surface area contributed by atoms with Crippen LogP contribution in [0, 0.1) is 0 Å². The fourth-order valence-corrected chi connectivity index (χ4v) is 4.67. The Morgan fingerprint density at radius 3 is 1.53 bits per heavy atom. The summed E-state index contributed by atoms with van der Waals surface area (Å²) in [5, 5.41) is 0. The Bertz CT molecular complexity index is 677. The molecule has 5 heteroatoms. The first-order chi connectivity index (χ1) is 14.8. The second-order valence-corrected chi connectivity index (χ2v) is 13.0. The van der Waals surface area contributed by atoms with Crippen LogP contribution in [0.5, 0.6) is 0 Å². The molecule has 32 heavy (non-hydrogen) atoms. The van der Waals surface area contributed by atoms with Crippen LogP contribution >= 0.6 is 7.60 Å². The number of hydrogen-bond donors (Lipinski definition) is 2. The van der Waals surface area contributed by atoms with Gasteiger partial charge in [-0.25, -0.2) is 0 Å². The van der Waals surface area contributed by atoms with Crippen molar-refractivity contribution >= 4 is 7.60 Å². The van der Waals surface area contributed by atoms with Crippen molar-refractivity contribution in [2.24, 2.45) is 0 Å². The van der Waals surface area contributed by atoms with Gasteiger partial charge in [0.05, 0.1) is 0 Å². The zero-order valence-corrected chi connectivity index (χ0v) is 22.6. The molecule has 186 valence electrons. The maximum absolute atomic E-state index is 12.3. The van der Waals surface area contributed by atoms with E-state index in [0.717, 1.165) is 30.4 Å². The Balaban J connectivity index is 2.71. The minimum atomic E-state index is -4.44. The van der Waals surface area contributed by atoms with Crippen molar-refractivity contribution in [2.45, 2.75) is 129 Å². The molecule has 0 fully saturated rings. The molecular formula is C27H49O4P. The molecule has 0 heterocycles. The van der Waals surface area contributed by atoms with Gasteiger partial charge < -0.3 is 14.5 Å². The number of benzene rings is 1. The van der Waals surface area contributed by atoms with Crippen LogP contribution < -0.4 is 0 Å². The van der Waals surface area contributed by atoms with Crippen molar-refractivity contribution in [1.29, 1.82) is 0 Å². The summed E-state index contributed by atoms with van der Waals surface area (Å²) in [6.07, 6.45) is 12.2. The zero-order chi connectivity index (χ0) is 24.4. The molecule has 0 radical (unpaired) electrons. The molecule has 2 N–H and O–H groups in total. The summed E-state index contributed by atoms with van der Waals surface area (Å²) in [6, 6.07) is 5.98. The van der Waals surface area contributed by atoms with Crippen LogP contribution in [-0.2, 0) is 20.1 Å². The van der Waals surface area contributed by atoms with Gasteiger partial charge in [-0.3, -0.25) is 4.57 Å². The molecule has 0 bridgehead atoms. The molecule has 0 spiro atoms. The van der Waals surface area contributed by atoms with Crippen molar-refractivity contribution in [1.82, 2.24) is 0 Å². The average molecular weight is 469 g/mol. The van der Waals surface area contributed by atoms with E-state index in [1.54, 1.807) is 0 Å². The number of rotatable bonds is 14. The van der Waals surface area contributed by atoms with E-state index in [9.17, 15) is 14.4 Å². The molecule has 1 unspecified atom stereocenters. The lowest BCUT2D eigenvalue weighted by Gasteiger charge is -2.28. The van der Waals surface area contributed by atoms with Crippen molar-refractivity contribution in [3.05, 3.63) is 34.9 Å². The molecule has 0 amide bonds. The third kappa shape index (κ3) is 11.0. The van der Waals surface area contributed by atoms with E-state index in [-0.39, 0.29) is 10.8 Å². The van der Waals surface area contributed by atoms with Crippen LogP contribution in [0.15, 0.2) is 18.2 Å². The summed E-state index contributed by atoms with van der Waals surface area (Å²) < 4.78 is 18.2. The quantitative estimate of drug-likeness (QED) is 0.212. The molecule has 0 aliphatic rings. The van der Waals surface area contributed by atoms with E-state index in [1.165, 1.54) is 44.9 Å². The smallest absolute Gasteiger partial charge is 0.358 e. The van der Waals surface area contributed by atoms with Crippen LogP contribution in [0.1, 0.15) is 135 Å². The first-order valence-electron chi connectivity index (χ1n) is 12.6. The molecule has 1 aromatic carbocycles. The van der Waals surface area contributed by atoms with Gasteiger partial charge in [-0.05, 0) is 33.9 Å². The second-order valence-electron chi connectivity index (χ2n) is 11.3. The van der Waals surface area contributed by atoms with Gasteiger partial charge in [0.15, 0.2) is 5.85 Å². The van der Waals surface area contributed by atoms with Crippen LogP contribution in [0.4, 0.5) is 0 Å². The first kappa shape index (κ1) is 29.4. The lowest BCUT2D eigenvalue weighted by molar-refractivity contribution is 0.0823. The standard InChI is InChI=1S/C27H49O4P/c1-8-9-10-11-12-13-14-15-16-17-18-31-25(32(28,29)30)22-19-23(26(2,3)4)21-24(20-22)27(5,6)7/h19-21,25H,8-18H2,1-7H3,(H2,28,29,30). The number of hydrogen-bond acceptors (Lipinski definition) is 2. The van der Waals surface area contributed by atoms with E-state index in [0.29, 0.717) is 12.2 Å². The van der Waals surface area contributed by atoms with Gasteiger partial charge in [0.2, 0.25) is 0 Å². The van der Waals surface area contributed by atoms with Crippen LogP contribution in [0.2, 0.25) is 0 Å². The highest BCUT2D eigenvalue weighted by atomic mass is 31.2. The molecule has 1 aromatic rings.